The number of nitrogens with two attached hydrogens (primary N) is 1. The summed E-state index contributed by atoms with van der Waals surface area (Å²) >= 11 is 0. The Kier molecular flexibility index (Phi) is 3.72. The first-order valence-electron chi connectivity index (χ1n) is 6.03. The van der Waals surface area contributed by atoms with E-state index < -0.39 is 6.04 Å². The summed E-state index contributed by atoms with van der Waals surface area (Å²) in [7, 11) is 0. The second-order valence-electron chi connectivity index (χ2n) is 4.42. The summed E-state index contributed by atoms with van der Waals surface area (Å²) in [5.41, 5.74) is 6.48. The van der Waals surface area contributed by atoms with Crippen LogP contribution in [-0.2, 0) is 4.79 Å². The topological polar surface area (TPSA) is 73.6 Å². The molecule has 98 valence electrons. The summed E-state index contributed by atoms with van der Waals surface area (Å²) in [6.07, 6.45) is 0. The maximum atomic E-state index is 11.5. The summed E-state index contributed by atoms with van der Waals surface area (Å²) in [6, 6.07) is 5.04. The van der Waals surface area contributed by atoms with Crippen LogP contribution in [0.3, 0.4) is 0 Å². The van der Waals surface area contributed by atoms with Gasteiger partial charge in [0.05, 0.1) is 12.1 Å². The van der Waals surface area contributed by atoms with Crippen molar-refractivity contribution in [1.29, 1.82) is 0 Å². The molecule has 0 saturated heterocycles. The minimum Gasteiger partial charge on any atom is -0.486 e. The van der Waals surface area contributed by atoms with Crippen LogP contribution in [-0.4, -0.2) is 25.2 Å². The van der Waals surface area contributed by atoms with Gasteiger partial charge in [0.25, 0.3) is 0 Å². The third-order valence-corrected chi connectivity index (χ3v) is 2.84. The highest BCUT2D eigenvalue weighted by Gasteiger charge is 2.16. The fourth-order valence-corrected chi connectivity index (χ4v) is 1.76. The maximum absolute atomic E-state index is 11.5. The Labute approximate surface area is 106 Å². The van der Waals surface area contributed by atoms with E-state index in [4.69, 9.17) is 15.2 Å². The van der Waals surface area contributed by atoms with E-state index in [2.05, 4.69) is 5.32 Å². The van der Waals surface area contributed by atoms with E-state index >= 15 is 0 Å². The predicted octanol–water partition coefficient (Wildman–Crippen LogP) is 0.982. The summed E-state index contributed by atoms with van der Waals surface area (Å²) < 4.78 is 10.9. The molecular weight excluding hydrogens is 232 g/mol. The summed E-state index contributed by atoms with van der Waals surface area (Å²) in [4.78, 5) is 11.5. The van der Waals surface area contributed by atoms with Gasteiger partial charge in [0, 0.05) is 0 Å². The summed E-state index contributed by atoms with van der Waals surface area (Å²) in [6.45, 7) is 4.69. The second-order valence-corrected chi connectivity index (χ2v) is 4.42. The second kappa shape index (κ2) is 5.27. The standard InChI is InChI=1S/C13H18N2O3/c1-8(14)13(16)15-9(2)10-3-4-11-12(7-10)18-6-5-17-11/h3-4,7-9H,5-6,14H2,1-2H3,(H,15,16)/t8-,9?/m1/s1. The highest BCUT2D eigenvalue weighted by Crippen LogP contribution is 2.32. The molecule has 5 nitrogen and oxygen atoms in total. The van der Waals surface area contributed by atoms with Crippen molar-refractivity contribution in [3.8, 4) is 11.5 Å². The number of fused-ring (bicyclic) bond motifs is 1. The quantitative estimate of drug-likeness (QED) is 0.838. The molecule has 2 rings (SSSR count). The molecule has 1 aromatic carbocycles. The molecule has 0 fully saturated rings. The van der Waals surface area contributed by atoms with E-state index in [9.17, 15) is 4.79 Å². The van der Waals surface area contributed by atoms with Crippen molar-refractivity contribution in [3.05, 3.63) is 23.8 Å². The highest BCUT2D eigenvalue weighted by molar-refractivity contribution is 5.81. The van der Waals surface area contributed by atoms with Crippen LogP contribution in [0.15, 0.2) is 18.2 Å². The lowest BCUT2D eigenvalue weighted by molar-refractivity contribution is -0.122. The van der Waals surface area contributed by atoms with E-state index in [1.54, 1.807) is 6.92 Å². The Morgan fingerprint density at radius 1 is 1.28 bits per heavy atom. The Morgan fingerprint density at radius 3 is 2.61 bits per heavy atom. The third-order valence-electron chi connectivity index (χ3n) is 2.84. The Bertz CT molecular complexity index is 446. The average molecular weight is 250 g/mol. The SMILES string of the molecule is CC(NC(=O)[C@@H](C)N)c1ccc2c(c1)OCCO2. The van der Waals surface area contributed by atoms with Crippen LogP contribution in [0.5, 0.6) is 11.5 Å². The zero-order valence-electron chi connectivity index (χ0n) is 10.6. The van der Waals surface area contributed by atoms with Crippen molar-refractivity contribution < 1.29 is 14.3 Å². The first kappa shape index (κ1) is 12.7. The molecule has 2 atom stereocenters. The number of benzene rings is 1. The van der Waals surface area contributed by atoms with E-state index in [0.29, 0.717) is 13.2 Å². The number of hydrogen-bond donors (Lipinski definition) is 2. The molecule has 0 aliphatic carbocycles. The molecule has 3 N–H and O–H groups in total. The molecule has 0 bridgehead atoms. The van der Waals surface area contributed by atoms with Crippen LogP contribution in [0.4, 0.5) is 0 Å². The average Bonchev–Trinajstić information content (AvgIpc) is 2.37. The molecule has 0 radical (unpaired) electrons. The minimum absolute atomic E-state index is 0.112. The van der Waals surface area contributed by atoms with Gasteiger partial charge in [-0.1, -0.05) is 6.07 Å². The molecule has 5 heteroatoms. The van der Waals surface area contributed by atoms with Gasteiger partial charge < -0.3 is 20.5 Å². The Balaban J connectivity index is 2.11. The molecule has 1 heterocycles. The molecule has 1 aliphatic heterocycles. The zero-order chi connectivity index (χ0) is 13.1. The predicted molar refractivity (Wildman–Crippen MR) is 67.6 cm³/mol. The van der Waals surface area contributed by atoms with Gasteiger partial charge in [-0.15, -0.1) is 0 Å². The van der Waals surface area contributed by atoms with E-state index in [0.717, 1.165) is 17.1 Å². The number of carbonyl (C=O) groups excluding carboxylic acids is 1. The van der Waals surface area contributed by atoms with E-state index in [-0.39, 0.29) is 11.9 Å². The van der Waals surface area contributed by atoms with Crippen molar-refractivity contribution in [3.63, 3.8) is 0 Å². The number of amides is 1. The Hall–Kier alpha value is -1.75. The lowest BCUT2D eigenvalue weighted by atomic mass is 10.1. The number of rotatable bonds is 3. The largest absolute Gasteiger partial charge is 0.486 e. The number of carbonyl (C=O) groups is 1. The van der Waals surface area contributed by atoms with Crippen LogP contribution < -0.4 is 20.5 Å². The molecule has 1 amide bonds. The van der Waals surface area contributed by atoms with Crippen molar-refractivity contribution >= 4 is 5.91 Å². The van der Waals surface area contributed by atoms with Crippen LogP contribution in [0, 0.1) is 0 Å². The van der Waals surface area contributed by atoms with Gasteiger partial charge in [-0.05, 0) is 31.5 Å². The first-order chi connectivity index (χ1) is 8.58. The van der Waals surface area contributed by atoms with Gasteiger partial charge in [-0.3, -0.25) is 4.79 Å². The highest BCUT2D eigenvalue weighted by atomic mass is 16.6. The number of nitrogens with one attached hydrogen (secondary N) is 1. The van der Waals surface area contributed by atoms with Crippen LogP contribution >= 0.6 is 0 Å². The van der Waals surface area contributed by atoms with Gasteiger partial charge in [0.2, 0.25) is 5.91 Å². The minimum atomic E-state index is -0.510. The molecule has 0 saturated carbocycles. The Morgan fingerprint density at radius 2 is 1.94 bits per heavy atom. The summed E-state index contributed by atoms with van der Waals surface area (Å²) in [5.74, 6) is 1.30. The number of hydrogen-bond acceptors (Lipinski definition) is 4. The molecule has 1 unspecified atom stereocenters. The lowest BCUT2D eigenvalue weighted by Gasteiger charge is -2.21. The number of ether oxygens (including phenoxy) is 2. The van der Waals surface area contributed by atoms with Crippen molar-refractivity contribution in [2.75, 3.05) is 13.2 Å². The van der Waals surface area contributed by atoms with Crippen LogP contribution in [0.2, 0.25) is 0 Å². The lowest BCUT2D eigenvalue weighted by Crippen LogP contribution is -2.39. The van der Waals surface area contributed by atoms with Crippen molar-refractivity contribution in [2.24, 2.45) is 5.73 Å². The fourth-order valence-electron chi connectivity index (χ4n) is 1.76. The molecule has 0 spiro atoms. The maximum Gasteiger partial charge on any atom is 0.237 e. The van der Waals surface area contributed by atoms with Crippen LogP contribution in [0.25, 0.3) is 0 Å². The van der Waals surface area contributed by atoms with Gasteiger partial charge in [-0.25, -0.2) is 0 Å². The monoisotopic (exact) mass is 250 g/mol. The van der Waals surface area contributed by atoms with Gasteiger partial charge in [0.1, 0.15) is 13.2 Å². The van der Waals surface area contributed by atoms with E-state index in [1.165, 1.54) is 0 Å². The zero-order valence-corrected chi connectivity index (χ0v) is 10.6. The van der Waals surface area contributed by atoms with Gasteiger partial charge >= 0.3 is 0 Å². The van der Waals surface area contributed by atoms with Crippen molar-refractivity contribution in [2.45, 2.75) is 25.9 Å². The molecule has 18 heavy (non-hydrogen) atoms. The van der Waals surface area contributed by atoms with Gasteiger partial charge in [-0.2, -0.15) is 0 Å². The molecule has 1 aliphatic rings. The smallest absolute Gasteiger partial charge is 0.237 e. The van der Waals surface area contributed by atoms with Gasteiger partial charge in [0.15, 0.2) is 11.5 Å². The molecule has 0 aromatic heterocycles. The molecular formula is C13H18N2O3. The van der Waals surface area contributed by atoms with Crippen LogP contribution in [0.1, 0.15) is 25.5 Å². The fraction of sp³-hybridized carbons (Fsp3) is 0.462. The normalized spacial score (nSPS) is 16.8. The van der Waals surface area contributed by atoms with Crippen molar-refractivity contribution in [1.82, 2.24) is 5.32 Å². The van der Waals surface area contributed by atoms with E-state index in [1.807, 2.05) is 25.1 Å². The molecule has 1 aromatic rings. The third kappa shape index (κ3) is 2.73. The first-order valence-corrected chi connectivity index (χ1v) is 6.03. The summed E-state index contributed by atoms with van der Waals surface area (Å²) in [5, 5.41) is 2.84.